The number of carbonyl (C=O) groups excluding carboxylic acids is 1. The first-order chi connectivity index (χ1) is 12.1. The molecule has 0 spiro atoms. The first-order valence-corrected chi connectivity index (χ1v) is 8.50. The molecule has 0 saturated carbocycles. The number of amides is 2. The number of nitrogens with zero attached hydrogens (tertiary/aromatic N) is 1. The normalized spacial score (nSPS) is 15.6. The lowest BCUT2D eigenvalue weighted by molar-refractivity contribution is 0.245. The molecule has 5 nitrogen and oxygen atoms in total. The fraction of sp³-hybridized carbons (Fsp3) is 0.350. The molecule has 0 aliphatic carbocycles. The quantitative estimate of drug-likeness (QED) is 0.907. The van der Waals surface area contributed by atoms with E-state index in [1.807, 2.05) is 41.3 Å². The number of carbonyl (C=O) groups is 1. The molecule has 1 aliphatic heterocycles. The van der Waals surface area contributed by atoms with Gasteiger partial charge in [-0.1, -0.05) is 24.3 Å². The zero-order valence-electron chi connectivity index (χ0n) is 14.9. The lowest BCUT2D eigenvalue weighted by Crippen LogP contribution is -2.43. The Morgan fingerprint density at radius 3 is 2.68 bits per heavy atom. The predicted molar refractivity (Wildman–Crippen MR) is 98.7 cm³/mol. The number of rotatable bonds is 5. The largest absolute Gasteiger partial charge is 0.493 e. The third-order valence-electron chi connectivity index (χ3n) is 4.56. The average Bonchev–Trinajstić information content (AvgIpc) is 2.97. The number of urea groups is 1. The number of hydrogen-bond acceptors (Lipinski definition) is 3. The summed E-state index contributed by atoms with van der Waals surface area (Å²) >= 11 is 0. The number of hydrogen-bond donors (Lipinski definition) is 1. The van der Waals surface area contributed by atoms with E-state index in [2.05, 4.69) is 18.3 Å². The van der Waals surface area contributed by atoms with Gasteiger partial charge >= 0.3 is 6.03 Å². The van der Waals surface area contributed by atoms with Crippen LogP contribution in [-0.4, -0.2) is 32.8 Å². The van der Waals surface area contributed by atoms with Gasteiger partial charge in [0.1, 0.15) is 0 Å². The third-order valence-corrected chi connectivity index (χ3v) is 4.56. The van der Waals surface area contributed by atoms with E-state index in [4.69, 9.17) is 9.47 Å². The van der Waals surface area contributed by atoms with Gasteiger partial charge in [-0.3, -0.25) is 4.90 Å². The zero-order valence-corrected chi connectivity index (χ0v) is 14.9. The van der Waals surface area contributed by atoms with Crippen LogP contribution in [0.15, 0.2) is 42.5 Å². The summed E-state index contributed by atoms with van der Waals surface area (Å²) in [5.41, 5.74) is 3.33. The van der Waals surface area contributed by atoms with Gasteiger partial charge in [-0.25, -0.2) is 4.79 Å². The van der Waals surface area contributed by atoms with Crippen LogP contribution in [0, 0.1) is 0 Å². The highest BCUT2D eigenvalue weighted by Crippen LogP contribution is 2.31. The Balaban J connectivity index is 1.60. The third kappa shape index (κ3) is 3.55. The van der Waals surface area contributed by atoms with E-state index >= 15 is 0 Å². The summed E-state index contributed by atoms with van der Waals surface area (Å²) < 4.78 is 10.6. The Hall–Kier alpha value is -2.69. The van der Waals surface area contributed by atoms with E-state index < -0.39 is 0 Å². The minimum Gasteiger partial charge on any atom is -0.493 e. The van der Waals surface area contributed by atoms with Crippen molar-refractivity contribution in [2.24, 2.45) is 0 Å². The van der Waals surface area contributed by atoms with Crippen molar-refractivity contribution in [2.75, 3.05) is 25.7 Å². The Labute approximate surface area is 148 Å². The molecule has 2 aromatic carbocycles. The molecule has 0 fully saturated rings. The molecule has 132 valence electrons. The first-order valence-electron chi connectivity index (χ1n) is 8.50. The molecule has 1 atom stereocenters. The van der Waals surface area contributed by atoms with Gasteiger partial charge in [0.05, 0.1) is 14.2 Å². The minimum absolute atomic E-state index is 0.0436. The van der Waals surface area contributed by atoms with E-state index in [0.29, 0.717) is 18.0 Å². The van der Waals surface area contributed by atoms with Crippen molar-refractivity contribution in [3.8, 4) is 11.5 Å². The van der Waals surface area contributed by atoms with E-state index in [0.717, 1.165) is 24.1 Å². The molecule has 25 heavy (non-hydrogen) atoms. The van der Waals surface area contributed by atoms with Gasteiger partial charge in [0, 0.05) is 18.3 Å². The van der Waals surface area contributed by atoms with Crippen molar-refractivity contribution in [3.05, 3.63) is 53.6 Å². The van der Waals surface area contributed by atoms with Crippen LogP contribution >= 0.6 is 0 Å². The fourth-order valence-electron chi connectivity index (χ4n) is 3.31. The van der Waals surface area contributed by atoms with Crippen molar-refractivity contribution in [1.82, 2.24) is 5.32 Å². The van der Waals surface area contributed by atoms with Crippen LogP contribution in [0.5, 0.6) is 11.5 Å². The van der Waals surface area contributed by atoms with E-state index in [1.165, 1.54) is 5.56 Å². The second kappa shape index (κ2) is 7.47. The van der Waals surface area contributed by atoms with Crippen LogP contribution in [-0.2, 0) is 12.8 Å². The lowest BCUT2D eigenvalue weighted by Gasteiger charge is -2.23. The summed E-state index contributed by atoms with van der Waals surface area (Å²) in [5, 5.41) is 3.03. The minimum atomic E-state index is -0.0436. The van der Waals surface area contributed by atoms with E-state index in [1.54, 1.807) is 14.2 Å². The van der Waals surface area contributed by atoms with Crippen molar-refractivity contribution >= 4 is 11.7 Å². The van der Waals surface area contributed by atoms with E-state index in [-0.39, 0.29) is 12.1 Å². The van der Waals surface area contributed by atoms with Crippen LogP contribution in [0.4, 0.5) is 10.5 Å². The summed E-state index contributed by atoms with van der Waals surface area (Å²) in [7, 11) is 3.24. The smallest absolute Gasteiger partial charge is 0.322 e. The fourth-order valence-corrected chi connectivity index (χ4v) is 3.31. The Bertz CT molecular complexity index is 760. The molecule has 1 aliphatic rings. The number of ether oxygens (including phenoxy) is 2. The summed E-state index contributed by atoms with van der Waals surface area (Å²) in [6.07, 6.45) is 1.63. The number of nitrogens with one attached hydrogen (secondary N) is 1. The summed E-state index contributed by atoms with van der Waals surface area (Å²) in [4.78, 5) is 14.5. The average molecular weight is 340 g/mol. The molecule has 3 rings (SSSR count). The summed E-state index contributed by atoms with van der Waals surface area (Å²) in [6.45, 7) is 2.65. The number of fused-ring (bicyclic) bond motifs is 1. The molecule has 0 bridgehead atoms. The molecule has 1 heterocycles. The van der Waals surface area contributed by atoms with Gasteiger partial charge in [0.2, 0.25) is 0 Å². The number of anilines is 1. The molecule has 1 unspecified atom stereocenters. The lowest BCUT2D eigenvalue weighted by atomic mass is 10.1. The van der Waals surface area contributed by atoms with Gasteiger partial charge in [-0.05, 0) is 49.1 Å². The van der Waals surface area contributed by atoms with Gasteiger partial charge < -0.3 is 14.8 Å². The summed E-state index contributed by atoms with van der Waals surface area (Å²) in [5.74, 6) is 1.41. The molecule has 0 radical (unpaired) electrons. The number of para-hydroxylation sites is 1. The predicted octanol–water partition coefficient (Wildman–Crippen LogP) is 3.41. The highest BCUT2D eigenvalue weighted by atomic mass is 16.5. The Morgan fingerprint density at radius 2 is 1.92 bits per heavy atom. The van der Waals surface area contributed by atoms with Crippen LogP contribution in [0.2, 0.25) is 0 Å². The van der Waals surface area contributed by atoms with Crippen molar-refractivity contribution in [3.63, 3.8) is 0 Å². The Kier molecular flexibility index (Phi) is 5.12. The van der Waals surface area contributed by atoms with Crippen LogP contribution in [0.25, 0.3) is 0 Å². The first kappa shape index (κ1) is 17.1. The van der Waals surface area contributed by atoms with Crippen LogP contribution < -0.4 is 19.7 Å². The molecule has 5 heteroatoms. The van der Waals surface area contributed by atoms with Crippen molar-refractivity contribution in [2.45, 2.75) is 25.8 Å². The second-order valence-electron chi connectivity index (χ2n) is 6.22. The maximum Gasteiger partial charge on any atom is 0.322 e. The second-order valence-corrected chi connectivity index (χ2v) is 6.22. The van der Waals surface area contributed by atoms with Crippen molar-refractivity contribution < 1.29 is 14.3 Å². The molecule has 0 aromatic heterocycles. The van der Waals surface area contributed by atoms with Crippen molar-refractivity contribution in [1.29, 1.82) is 0 Å². The topological polar surface area (TPSA) is 50.8 Å². The maximum absolute atomic E-state index is 12.6. The molecule has 2 amide bonds. The Morgan fingerprint density at radius 1 is 1.16 bits per heavy atom. The zero-order chi connectivity index (χ0) is 17.8. The van der Waals surface area contributed by atoms with Crippen LogP contribution in [0.3, 0.4) is 0 Å². The molecular formula is C20H24N2O3. The highest BCUT2D eigenvalue weighted by molar-refractivity contribution is 5.94. The number of methoxy groups -OCH3 is 2. The maximum atomic E-state index is 12.6. The molecule has 0 saturated heterocycles. The molecule has 2 aromatic rings. The van der Waals surface area contributed by atoms with E-state index in [9.17, 15) is 4.79 Å². The van der Waals surface area contributed by atoms with Gasteiger partial charge in [-0.2, -0.15) is 0 Å². The monoisotopic (exact) mass is 340 g/mol. The highest BCUT2D eigenvalue weighted by Gasteiger charge is 2.30. The van der Waals surface area contributed by atoms with Crippen LogP contribution in [0.1, 0.15) is 18.1 Å². The van der Waals surface area contributed by atoms with Gasteiger partial charge in [0.25, 0.3) is 0 Å². The molecule has 1 N–H and O–H groups in total. The summed E-state index contributed by atoms with van der Waals surface area (Å²) in [6, 6.07) is 14.0. The SMILES string of the molecule is COc1ccc(CCNC(=O)N2c3ccccc3CC2C)cc1OC. The number of benzene rings is 2. The molecular weight excluding hydrogens is 316 g/mol. The van der Waals surface area contributed by atoms with Gasteiger partial charge in [0.15, 0.2) is 11.5 Å². The standard InChI is InChI=1S/C20H24N2O3/c1-14-12-16-6-4-5-7-17(16)22(14)20(23)21-11-10-15-8-9-18(24-2)19(13-15)25-3/h4-9,13-14H,10-12H2,1-3H3,(H,21,23). The van der Waals surface area contributed by atoms with Gasteiger partial charge in [-0.15, -0.1) is 0 Å².